The molecule has 3 nitrogen and oxygen atoms in total. The summed E-state index contributed by atoms with van der Waals surface area (Å²) in [4.78, 5) is 0. The molecule has 2 aromatic rings. The van der Waals surface area contributed by atoms with Crippen molar-refractivity contribution in [2.24, 2.45) is 0 Å². The minimum atomic E-state index is -0.354. The molecule has 0 atom stereocenters. The van der Waals surface area contributed by atoms with E-state index in [0.29, 0.717) is 22.4 Å². The zero-order valence-corrected chi connectivity index (χ0v) is 10.8. The van der Waals surface area contributed by atoms with Gasteiger partial charge in [0.05, 0.1) is 18.8 Å². The fraction of sp³-hybridized carbons (Fsp3) is 0.0625. The van der Waals surface area contributed by atoms with Crippen LogP contribution in [0.5, 0.6) is 11.5 Å². The van der Waals surface area contributed by atoms with Gasteiger partial charge in [-0.05, 0) is 41.5 Å². The molecule has 0 aromatic heterocycles. The number of aromatic hydroxyl groups is 1. The Morgan fingerprint density at radius 3 is 2.50 bits per heavy atom. The number of nitrogens with zero attached hydrogens (tertiary/aromatic N) is 1. The van der Waals surface area contributed by atoms with E-state index in [1.165, 1.54) is 37.4 Å². The van der Waals surface area contributed by atoms with Crippen LogP contribution >= 0.6 is 0 Å². The molecule has 0 aliphatic carbocycles. The Bertz CT molecular complexity index is 685. The average molecular weight is 269 g/mol. The predicted molar refractivity (Wildman–Crippen MR) is 74.5 cm³/mol. The molecular weight excluding hydrogens is 257 g/mol. The van der Waals surface area contributed by atoms with Crippen molar-refractivity contribution in [1.82, 2.24) is 0 Å². The summed E-state index contributed by atoms with van der Waals surface area (Å²) < 4.78 is 17.8. The summed E-state index contributed by atoms with van der Waals surface area (Å²) in [5, 5.41) is 18.9. The van der Waals surface area contributed by atoms with Crippen molar-refractivity contribution in [2.45, 2.75) is 0 Å². The molecule has 1 N–H and O–H groups in total. The number of phenolic OH excluding ortho intramolecular Hbond substituents is 1. The summed E-state index contributed by atoms with van der Waals surface area (Å²) in [5.41, 5.74) is 1.66. The topological polar surface area (TPSA) is 53.2 Å². The van der Waals surface area contributed by atoms with E-state index >= 15 is 0 Å². The molecule has 100 valence electrons. The van der Waals surface area contributed by atoms with Gasteiger partial charge in [-0.3, -0.25) is 0 Å². The molecule has 0 fully saturated rings. The van der Waals surface area contributed by atoms with Gasteiger partial charge in [0.15, 0.2) is 11.5 Å². The Morgan fingerprint density at radius 1 is 1.25 bits per heavy atom. The number of nitriles is 1. The van der Waals surface area contributed by atoms with Gasteiger partial charge in [0.2, 0.25) is 0 Å². The standard InChI is InChI=1S/C16H12FNO2/c1-20-16-7-2-11(9-15(16)19)8-13(10-18)12-3-5-14(17)6-4-12/h2-9,19H,1H3/b13-8-. The van der Waals surface area contributed by atoms with E-state index in [1.54, 1.807) is 18.2 Å². The Morgan fingerprint density at radius 2 is 1.95 bits per heavy atom. The maximum atomic E-state index is 12.9. The monoisotopic (exact) mass is 269 g/mol. The molecule has 0 saturated carbocycles. The van der Waals surface area contributed by atoms with Gasteiger partial charge in [0, 0.05) is 0 Å². The molecule has 0 aliphatic heterocycles. The lowest BCUT2D eigenvalue weighted by Crippen LogP contribution is -1.85. The predicted octanol–water partition coefficient (Wildman–Crippen LogP) is 3.60. The molecule has 0 amide bonds. The highest BCUT2D eigenvalue weighted by molar-refractivity contribution is 5.89. The van der Waals surface area contributed by atoms with Gasteiger partial charge in [-0.2, -0.15) is 5.26 Å². The molecule has 0 heterocycles. The lowest BCUT2D eigenvalue weighted by atomic mass is 10.0. The quantitative estimate of drug-likeness (QED) is 0.684. The van der Waals surface area contributed by atoms with E-state index in [2.05, 4.69) is 6.07 Å². The summed E-state index contributed by atoms with van der Waals surface area (Å²) in [6.07, 6.45) is 1.62. The summed E-state index contributed by atoms with van der Waals surface area (Å²) in [5.74, 6) is 0.00761. The number of benzene rings is 2. The minimum absolute atomic E-state index is 0.00218. The van der Waals surface area contributed by atoms with E-state index < -0.39 is 0 Å². The minimum Gasteiger partial charge on any atom is -0.504 e. The number of halogens is 1. The SMILES string of the molecule is COc1ccc(/C=C(/C#N)c2ccc(F)cc2)cc1O. The third-order valence-electron chi connectivity index (χ3n) is 2.79. The molecule has 2 rings (SSSR count). The average Bonchev–Trinajstić information content (AvgIpc) is 2.46. The first-order chi connectivity index (χ1) is 9.63. The largest absolute Gasteiger partial charge is 0.504 e. The van der Waals surface area contributed by atoms with E-state index in [9.17, 15) is 14.8 Å². The van der Waals surface area contributed by atoms with Crippen LogP contribution in [0.2, 0.25) is 0 Å². The number of rotatable bonds is 3. The molecular formula is C16H12FNO2. The number of ether oxygens (including phenoxy) is 1. The Labute approximate surface area is 116 Å². The number of hydrogen-bond donors (Lipinski definition) is 1. The van der Waals surface area contributed by atoms with Crippen molar-refractivity contribution in [2.75, 3.05) is 7.11 Å². The van der Waals surface area contributed by atoms with Crippen LogP contribution in [0.1, 0.15) is 11.1 Å². The van der Waals surface area contributed by atoms with Gasteiger partial charge in [-0.15, -0.1) is 0 Å². The van der Waals surface area contributed by atoms with Crippen LogP contribution in [-0.2, 0) is 0 Å². The molecule has 0 radical (unpaired) electrons. The Balaban J connectivity index is 2.39. The van der Waals surface area contributed by atoms with Gasteiger partial charge < -0.3 is 9.84 Å². The molecule has 20 heavy (non-hydrogen) atoms. The highest BCUT2D eigenvalue weighted by Gasteiger charge is 2.04. The lowest BCUT2D eigenvalue weighted by Gasteiger charge is -2.04. The van der Waals surface area contributed by atoms with Gasteiger partial charge in [0.25, 0.3) is 0 Å². The number of hydrogen-bond acceptors (Lipinski definition) is 3. The van der Waals surface area contributed by atoms with Crippen LogP contribution in [0, 0.1) is 17.1 Å². The van der Waals surface area contributed by atoms with Crippen molar-refractivity contribution in [1.29, 1.82) is 5.26 Å². The van der Waals surface area contributed by atoms with Crippen LogP contribution in [-0.4, -0.2) is 12.2 Å². The summed E-state index contributed by atoms with van der Waals surface area (Å²) in [7, 11) is 1.46. The van der Waals surface area contributed by atoms with E-state index in [1.807, 2.05) is 0 Å². The normalized spacial score (nSPS) is 10.9. The van der Waals surface area contributed by atoms with Crippen LogP contribution in [0.3, 0.4) is 0 Å². The second-order valence-corrected chi connectivity index (χ2v) is 4.11. The first kappa shape index (κ1) is 13.6. The first-order valence-corrected chi connectivity index (χ1v) is 5.89. The molecule has 4 heteroatoms. The summed E-state index contributed by atoms with van der Waals surface area (Å²) in [6, 6.07) is 12.6. The molecule has 0 spiro atoms. The fourth-order valence-electron chi connectivity index (χ4n) is 1.77. The van der Waals surface area contributed by atoms with E-state index in [-0.39, 0.29) is 11.6 Å². The highest BCUT2D eigenvalue weighted by atomic mass is 19.1. The summed E-state index contributed by atoms with van der Waals surface area (Å²) in [6.45, 7) is 0. The van der Waals surface area contributed by atoms with Crippen LogP contribution in [0.4, 0.5) is 4.39 Å². The zero-order chi connectivity index (χ0) is 14.5. The van der Waals surface area contributed by atoms with Crippen molar-refractivity contribution in [3.8, 4) is 17.6 Å². The smallest absolute Gasteiger partial charge is 0.160 e. The number of methoxy groups -OCH3 is 1. The maximum absolute atomic E-state index is 12.9. The number of phenols is 1. The van der Waals surface area contributed by atoms with E-state index in [0.717, 1.165) is 0 Å². The van der Waals surface area contributed by atoms with Crippen molar-refractivity contribution >= 4 is 11.6 Å². The molecule has 2 aromatic carbocycles. The zero-order valence-electron chi connectivity index (χ0n) is 10.8. The molecule has 0 bridgehead atoms. The molecule has 0 unspecified atom stereocenters. The van der Waals surface area contributed by atoms with Gasteiger partial charge >= 0.3 is 0 Å². The molecule has 0 saturated heterocycles. The van der Waals surface area contributed by atoms with Crippen LogP contribution in [0.15, 0.2) is 42.5 Å². The first-order valence-electron chi connectivity index (χ1n) is 5.89. The van der Waals surface area contributed by atoms with Crippen molar-refractivity contribution in [3.63, 3.8) is 0 Å². The Hall–Kier alpha value is -2.80. The Kier molecular flexibility index (Phi) is 4.02. The van der Waals surface area contributed by atoms with Crippen molar-refractivity contribution < 1.29 is 14.2 Å². The fourth-order valence-corrected chi connectivity index (χ4v) is 1.77. The maximum Gasteiger partial charge on any atom is 0.160 e. The second-order valence-electron chi connectivity index (χ2n) is 4.11. The second kappa shape index (κ2) is 5.89. The number of allylic oxidation sites excluding steroid dienone is 1. The lowest BCUT2D eigenvalue weighted by molar-refractivity contribution is 0.373. The van der Waals surface area contributed by atoms with E-state index in [4.69, 9.17) is 4.74 Å². The van der Waals surface area contributed by atoms with Crippen LogP contribution in [0.25, 0.3) is 11.6 Å². The molecule has 0 aliphatic rings. The third kappa shape index (κ3) is 2.96. The summed E-state index contributed by atoms with van der Waals surface area (Å²) >= 11 is 0. The third-order valence-corrected chi connectivity index (χ3v) is 2.79. The van der Waals surface area contributed by atoms with Gasteiger partial charge in [-0.1, -0.05) is 18.2 Å². The van der Waals surface area contributed by atoms with Crippen molar-refractivity contribution in [3.05, 3.63) is 59.4 Å². The van der Waals surface area contributed by atoms with Crippen LogP contribution < -0.4 is 4.74 Å². The highest BCUT2D eigenvalue weighted by Crippen LogP contribution is 2.28. The van der Waals surface area contributed by atoms with Gasteiger partial charge in [-0.25, -0.2) is 4.39 Å². The van der Waals surface area contributed by atoms with Gasteiger partial charge in [0.1, 0.15) is 5.82 Å².